The second kappa shape index (κ2) is 9.61. The van der Waals surface area contributed by atoms with Crippen LogP contribution >= 0.6 is 0 Å². The zero-order chi connectivity index (χ0) is 19.8. The minimum absolute atomic E-state index is 0.0409. The molecule has 0 saturated heterocycles. The third-order valence-electron chi connectivity index (χ3n) is 3.83. The third-order valence-corrected chi connectivity index (χ3v) is 3.83. The van der Waals surface area contributed by atoms with Crippen LogP contribution in [0.2, 0.25) is 0 Å². The van der Waals surface area contributed by atoms with E-state index in [9.17, 15) is 13.6 Å². The molecule has 1 unspecified atom stereocenters. The molecule has 2 aromatic carbocycles. The van der Waals surface area contributed by atoms with Gasteiger partial charge in [0.25, 0.3) is 0 Å². The van der Waals surface area contributed by atoms with Gasteiger partial charge in [-0.25, -0.2) is 4.79 Å². The smallest absolute Gasteiger partial charge is 0.387 e. The monoisotopic (exact) mass is 380 g/mol. The number of rotatable bonds is 8. The van der Waals surface area contributed by atoms with Crippen molar-refractivity contribution in [1.29, 1.82) is 0 Å². The molecule has 0 aliphatic rings. The van der Waals surface area contributed by atoms with Crippen LogP contribution in [0.3, 0.4) is 0 Å². The molecule has 0 saturated carbocycles. The van der Waals surface area contributed by atoms with Crippen molar-refractivity contribution >= 4 is 6.03 Å². The summed E-state index contributed by atoms with van der Waals surface area (Å²) in [6.45, 7) is -0.919. The summed E-state index contributed by atoms with van der Waals surface area (Å²) in [6, 6.07) is 10.7. The van der Waals surface area contributed by atoms with Gasteiger partial charge < -0.3 is 24.8 Å². The Balaban J connectivity index is 1.96. The summed E-state index contributed by atoms with van der Waals surface area (Å²) in [6.07, 6.45) is 0. The molecule has 0 radical (unpaired) electrons. The predicted molar refractivity (Wildman–Crippen MR) is 96.4 cm³/mol. The Kier molecular flexibility index (Phi) is 7.22. The summed E-state index contributed by atoms with van der Waals surface area (Å²) in [5.74, 6) is 1.32. The van der Waals surface area contributed by atoms with Crippen LogP contribution < -0.4 is 24.8 Å². The van der Waals surface area contributed by atoms with E-state index in [1.54, 1.807) is 44.6 Å². The van der Waals surface area contributed by atoms with Gasteiger partial charge in [0.2, 0.25) is 0 Å². The van der Waals surface area contributed by atoms with E-state index in [0.29, 0.717) is 17.1 Å². The zero-order valence-electron chi connectivity index (χ0n) is 15.3. The number of hydrogen-bond donors (Lipinski definition) is 2. The van der Waals surface area contributed by atoms with Crippen LogP contribution in [0.5, 0.6) is 17.2 Å². The summed E-state index contributed by atoms with van der Waals surface area (Å²) in [5, 5.41) is 5.48. The fourth-order valence-electron chi connectivity index (χ4n) is 2.52. The van der Waals surface area contributed by atoms with Gasteiger partial charge in [-0.2, -0.15) is 8.78 Å². The zero-order valence-corrected chi connectivity index (χ0v) is 15.3. The van der Waals surface area contributed by atoms with E-state index in [2.05, 4.69) is 15.4 Å². The number of nitrogens with one attached hydrogen (secondary N) is 2. The van der Waals surface area contributed by atoms with Crippen LogP contribution in [0.4, 0.5) is 13.6 Å². The van der Waals surface area contributed by atoms with Crippen LogP contribution in [0.15, 0.2) is 42.5 Å². The van der Waals surface area contributed by atoms with E-state index < -0.39 is 12.6 Å². The van der Waals surface area contributed by atoms with Gasteiger partial charge in [0.1, 0.15) is 17.2 Å². The summed E-state index contributed by atoms with van der Waals surface area (Å²) in [5.41, 5.74) is 1.40. The number of ether oxygens (including phenoxy) is 3. The standard InChI is InChI=1S/C19H22F2N2O4/c1-12(16-10-14(25-2)7-8-17(16)26-3)23-19(24)22-11-13-5-4-6-15(9-13)27-18(20)21/h4-10,12,18H,11H2,1-3H3,(H2,22,23,24). The Morgan fingerprint density at radius 1 is 1.07 bits per heavy atom. The lowest BCUT2D eigenvalue weighted by atomic mass is 10.1. The van der Waals surface area contributed by atoms with E-state index in [-0.39, 0.29) is 18.3 Å². The number of methoxy groups -OCH3 is 2. The second-order valence-corrected chi connectivity index (χ2v) is 5.68. The van der Waals surface area contributed by atoms with Crippen molar-refractivity contribution in [3.8, 4) is 17.2 Å². The summed E-state index contributed by atoms with van der Waals surface area (Å²) in [4.78, 5) is 12.2. The van der Waals surface area contributed by atoms with Crippen LogP contribution in [-0.4, -0.2) is 26.9 Å². The molecule has 2 aromatic rings. The molecule has 0 aliphatic heterocycles. The van der Waals surface area contributed by atoms with Gasteiger partial charge in [-0.3, -0.25) is 0 Å². The lowest BCUT2D eigenvalue weighted by molar-refractivity contribution is -0.0498. The summed E-state index contributed by atoms with van der Waals surface area (Å²) >= 11 is 0. The number of urea groups is 1. The van der Waals surface area contributed by atoms with Gasteiger partial charge in [0.15, 0.2) is 0 Å². The normalized spacial score (nSPS) is 11.6. The first-order valence-electron chi connectivity index (χ1n) is 8.23. The van der Waals surface area contributed by atoms with Crippen LogP contribution in [0.1, 0.15) is 24.1 Å². The lowest BCUT2D eigenvalue weighted by Gasteiger charge is -2.18. The molecule has 6 nitrogen and oxygen atoms in total. The Bertz CT molecular complexity index is 771. The SMILES string of the molecule is COc1ccc(OC)c(C(C)NC(=O)NCc2cccc(OC(F)F)c2)c1. The highest BCUT2D eigenvalue weighted by Crippen LogP contribution is 2.29. The molecule has 0 aliphatic carbocycles. The number of hydrogen-bond acceptors (Lipinski definition) is 4. The third kappa shape index (κ3) is 6.02. The molecular formula is C19H22F2N2O4. The largest absolute Gasteiger partial charge is 0.497 e. The van der Waals surface area contributed by atoms with Crippen LogP contribution in [0, 0.1) is 0 Å². The fourth-order valence-corrected chi connectivity index (χ4v) is 2.52. The molecule has 0 fully saturated rings. The molecule has 146 valence electrons. The van der Waals surface area contributed by atoms with Crippen molar-refractivity contribution in [3.63, 3.8) is 0 Å². The molecule has 0 bridgehead atoms. The fraction of sp³-hybridized carbons (Fsp3) is 0.316. The molecule has 2 amide bonds. The molecular weight excluding hydrogens is 358 g/mol. The second-order valence-electron chi connectivity index (χ2n) is 5.68. The average Bonchev–Trinajstić information content (AvgIpc) is 2.65. The molecule has 0 spiro atoms. The number of alkyl halides is 2. The van der Waals surface area contributed by atoms with Crippen molar-refractivity contribution in [2.45, 2.75) is 26.1 Å². The summed E-state index contributed by atoms with van der Waals surface area (Å²) in [7, 11) is 3.11. The van der Waals surface area contributed by atoms with Crippen LogP contribution in [-0.2, 0) is 6.54 Å². The van der Waals surface area contributed by atoms with Crippen molar-refractivity contribution in [2.24, 2.45) is 0 Å². The van der Waals surface area contributed by atoms with Gasteiger partial charge in [-0.1, -0.05) is 12.1 Å². The molecule has 8 heteroatoms. The molecule has 0 aromatic heterocycles. The van der Waals surface area contributed by atoms with Gasteiger partial charge in [0.05, 0.1) is 20.3 Å². The van der Waals surface area contributed by atoms with E-state index in [0.717, 1.165) is 5.56 Å². The molecule has 2 rings (SSSR count). The number of carbonyl (C=O) groups is 1. The van der Waals surface area contributed by atoms with Crippen molar-refractivity contribution in [2.75, 3.05) is 14.2 Å². The van der Waals surface area contributed by atoms with Gasteiger partial charge in [0, 0.05) is 12.1 Å². The van der Waals surface area contributed by atoms with E-state index in [4.69, 9.17) is 9.47 Å². The van der Waals surface area contributed by atoms with E-state index in [1.165, 1.54) is 12.1 Å². The molecule has 27 heavy (non-hydrogen) atoms. The number of carbonyl (C=O) groups excluding carboxylic acids is 1. The highest BCUT2D eigenvalue weighted by atomic mass is 19.3. The number of halogens is 2. The molecule has 2 N–H and O–H groups in total. The highest BCUT2D eigenvalue weighted by Gasteiger charge is 2.15. The highest BCUT2D eigenvalue weighted by molar-refractivity contribution is 5.74. The molecule has 1 atom stereocenters. The Morgan fingerprint density at radius 2 is 1.85 bits per heavy atom. The predicted octanol–water partition coefficient (Wildman–Crippen LogP) is 3.87. The average molecular weight is 380 g/mol. The van der Waals surface area contributed by atoms with Gasteiger partial charge in [-0.05, 0) is 42.8 Å². The first kappa shape index (κ1) is 20.3. The first-order chi connectivity index (χ1) is 12.9. The van der Waals surface area contributed by atoms with Crippen molar-refractivity contribution in [1.82, 2.24) is 10.6 Å². The number of amides is 2. The maximum atomic E-state index is 12.3. The Morgan fingerprint density at radius 3 is 2.52 bits per heavy atom. The van der Waals surface area contributed by atoms with E-state index in [1.807, 2.05) is 6.92 Å². The minimum atomic E-state index is -2.89. The minimum Gasteiger partial charge on any atom is -0.497 e. The van der Waals surface area contributed by atoms with E-state index >= 15 is 0 Å². The van der Waals surface area contributed by atoms with Crippen molar-refractivity contribution < 1.29 is 27.8 Å². The number of benzene rings is 2. The maximum absolute atomic E-state index is 12.3. The lowest BCUT2D eigenvalue weighted by Crippen LogP contribution is -2.36. The quantitative estimate of drug-likeness (QED) is 0.730. The topological polar surface area (TPSA) is 68.8 Å². The maximum Gasteiger partial charge on any atom is 0.387 e. The first-order valence-corrected chi connectivity index (χ1v) is 8.23. The Labute approximate surface area is 156 Å². The van der Waals surface area contributed by atoms with Crippen molar-refractivity contribution in [3.05, 3.63) is 53.6 Å². The van der Waals surface area contributed by atoms with Crippen LogP contribution in [0.25, 0.3) is 0 Å². The Hall–Kier alpha value is -3.03. The summed E-state index contributed by atoms with van der Waals surface area (Å²) < 4.78 is 39.4. The molecule has 0 heterocycles. The van der Waals surface area contributed by atoms with Gasteiger partial charge in [-0.15, -0.1) is 0 Å². The van der Waals surface area contributed by atoms with Gasteiger partial charge >= 0.3 is 12.6 Å².